The summed E-state index contributed by atoms with van der Waals surface area (Å²) in [7, 11) is 0. The number of aryl methyl sites for hydroxylation is 1. The van der Waals surface area contributed by atoms with E-state index in [9.17, 15) is 9.59 Å². The molecule has 1 N–H and O–H groups in total. The number of hydrogen-bond acceptors (Lipinski definition) is 3. The van der Waals surface area contributed by atoms with Crippen LogP contribution in [0.4, 0.5) is 0 Å². The van der Waals surface area contributed by atoms with Crippen molar-refractivity contribution in [3.05, 3.63) is 59.5 Å². The van der Waals surface area contributed by atoms with Crippen LogP contribution in [-0.4, -0.2) is 35.8 Å². The molecule has 2 aliphatic rings. The lowest BCUT2D eigenvalue weighted by atomic mass is 9.97. The van der Waals surface area contributed by atoms with E-state index in [1.54, 1.807) is 17.0 Å². The van der Waals surface area contributed by atoms with Crippen molar-refractivity contribution in [3.63, 3.8) is 0 Å². The van der Waals surface area contributed by atoms with E-state index < -0.39 is 0 Å². The lowest BCUT2D eigenvalue weighted by Crippen LogP contribution is -2.46. The maximum absolute atomic E-state index is 12.5. The highest BCUT2D eigenvalue weighted by molar-refractivity contribution is 5.91. The summed E-state index contributed by atoms with van der Waals surface area (Å²) in [5.41, 5.74) is 2.72. The number of amides is 2. The van der Waals surface area contributed by atoms with Crippen LogP contribution in [0.25, 0.3) is 0 Å². The highest BCUT2D eigenvalue weighted by Gasteiger charge is 2.28. The lowest BCUT2D eigenvalue weighted by molar-refractivity contribution is -0.122. The first-order valence-electron chi connectivity index (χ1n) is 9.40. The van der Waals surface area contributed by atoms with Crippen LogP contribution in [0.3, 0.4) is 0 Å². The molecule has 1 fully saturated rings. The first-order chi connectivity index (χ1) is 12.7. The van der Waals surface area contributed by atoms with Gasteiger partial charge in [0, 0.05) is 25.6 Å². The van der Waals surface area contributed by atoms with Gasteiger partial charge in [0.1, 0.15) is 0 Å². The molecule has 2 heterocycles. The van der Waals surface area contributed by atoms with Gasteiger partial charge in [-0.25, -0.2) is 0 Å². The molecule has 0 radical (unpaired) electrons. The van der Waals surface area contributed by atoms with Gasteiger partial charge in [0.25, 0.3) is 5.91 Å². The molecule has 0 spiro atoms. The first-order valence-corrected chi connectivity index (χ1v) is 9.40. The third-order valence-electron chi connectivity index (χ3n) is 5.57. The molecule has 2 aromatic rings. The van der Waals surface area contributed by atoms with E-state index in [0.717, 1.165) is 25.7 Å². The molecule has 1 aromatic carbocycles. The van der Waals surface area contributed by atoms with Gasteiger partial charge in [-0.2, -0.15) is 0 Å². The molecule has 4 rings (SSSR count). The molecular formula is C21H24N2O3. The summed E-state index contributed by atoms with van der Waals surface area (Å²) in [6.07, 6.45) is 5.78. The Morgan fingerprint density at radius 3 is 2.65 bits per heavy atom. The number of carbonyl (C=O) groups is 2. The number of benzene rings is 1. The summed E-state index contributed by atoms with van der Waals surface area (Å²) in [5, 5.41) is 3.17. The Hall–Kier alpha value is -2.56. The monoisotopic (exact) mass is 352 g/mol. The van der Waals surface area contributed by atoms with Gasteiger partial charge >= 0.3 is 0 Å². The number of furan rings is 1. The maximum atomic E-state index is 12.5. The van der Waals surface area contributed by atoms with Crippen molar-refractivity contribution in [2.75, 3.05) is 13.1 Å². The zero-order chi connectivity index (χ0) is 17.9. The van der Waals surface area contributed by atoms with E-state index in [4.69, 9.17) is 4.42 Å². The summed E-state index contributed by atoms with van der Waals surface area (Å²) >= 11 is 0. The molecule has 5 heteroatoms. The Labute approximate surface area is 153 Å². The summed E-state index contributed by atoms with van der Waals surface area (Å²) in [6.45, 7) is 1.30. The summed E-state index contributed by atoms with van der Waals surface area (Å²) < 4.78 is 5.18. The number of likely N-dealkylation sites (tertiary alicyclic amines) is 1. The van der Waals surface area contributed by atoms with Crippen molar-refractivity contribution in [2.45, 2.75) is 44.1 Å². The second-order valence-electron chi connectivity index (χ2n) is 7.25. The number of hydrogen-bond donors (Lipinski definition) is 1. The minimum atomic E-state index is -0.0673. The molecule has 1 atom stereocenters. The summed E-state index contributed by atoms with van der Waals surface area (Å²) in [4.78, 5) is 26.6. The van der Waals surface area contributed by atoms with Crippen molar-refractivity contribution in [2.24, 2.45) is 0 Å². The second-order valence-corrected chi connectivity index (χ2v) is 7.25. The van der Waals surface area contributed by atoms with Crippen molar-refractivity contribution in [1.29, 1.82) is 0 Å². The van der Waals surface area contributed by atoms with Crippen molar-refractivity contribution >= 4 is 11.8 Å². The predicted octanol–water partition coefficient (Wildman–Crippen LogP) is 3.12. The Bertz CT molecular complexity index is 776. The number of carbonyl (C=O) groups excluding carboxylic acids is 2. The highest BCUT2D eigenvalue weighted by atomic mass is 16.3. The normalized spacial score (nSPS) is 20.0. The van der Waals surface area contributed by atoms with Crippen LogP contribution in [0.15, 0.2) is 47.1 Å². The molecule has 0 unspecified atom stereocenters. The molecule has 1 saturated heterocycles. The third kappa shape index (κ3) is 3.52. The third-order valence-corrected chi connectivity index (χ3v) is 5.57. The van der Waals surface area contributed by atoms with Crippen LogP contribution in [0.2, 0.25) is 0 Å². The van der Waals surface area contributed by atoms with E-state index in [1.165, 1.54) is 17.4 Å². The Morgan fingerprint density at radius 1 is 1.08 bits per heavy atom. The van der Waals surface area contributed by atoms with Crippen LogP contribution in [0.5, 0.6) is 0 Å². The second kappa shape index (κ2) is 7.36. The molecule has 1 aliphatic carbocycles. The fraction of sp³-hybridized carbons (Fsp3) is 0.429. The number of piperidine rings is 1. The fourth-order valence-electron chi connectivity index (χ4n) is 4.15. The number of rotatable bonds is 4. The minimum absolute atomic E-state index is 0.0673. The number of nitrogens with zero attached hydrogens (tertiary/aromatic N) is 1. The van der Waals surface area contributed by atoms with Crippen molar-refractivity contribution in [1.82, 2.24) is 10.2 Å². The van der Waals surface area contributed by atoms with Gasteiger partial charge in [0.05, 0.1) is 6.26 Å². The van der Waals surface area contributed by atoms with Gasteiger partial charge < -0.3 is 14.6 Å². The van der Waals surface area contributed by atoms with Gasteiger partial charge in [0.2, 0.25) is 5.91 Å². The average Bonchev–Trinajstić information content (AvgIpc) is 3.32. The molecule has 1 aromatic heterocycles. The van der Waals surface area contributed by atoms with Gasteiger partial charge in [0.15, 0.2) is 5.76 Å². The SMILES string of the molecule is O=C(C[C@@H]1CCc2ccccc21)NC1CCN(C(=O)c2ccco2)CC1. The molecule has 2 amide bonds. The fourth-order valence-corrected chi connectivity index (χ4v) is 4.15. The molecule has 5 nitrogen and oxygen atoms in total. The Kier molecular flexibility index (Phi) is 4.78. The van der Waals surface area contributed by atoms with E-state index in [2.05, 4.69) is 29.6 Å². The van der Waals surface area contributed by atoms with Crippen LogP contribution in [-0.2, 0) is 11.2 Å². The maximum Gasteiger partial charge on any atom is 0.289 e. The van der Waals surface area contributed by atoms with Crippen LogP contribution >= 0.6 is 0 Å². The van der Waals surface area contributed by atoms with Gasteiger partial charge in [-0.1, -0.05) is 24.3 Å². The molecule has 136 valence electrons. The van der Waals surface area contributed by atoms with Crippen molar-refractivity contribution < 1.29 is 14.0 Å². The minimum Gasteiger partial charge on any atom is -0.459 e. The van der Waals surface area contributed by atoms with E-state index >= 15 is 0 Å². The Balaban J connectivity index is 1.26. The van der Waals surface area contributed by atoms with Gasteiger partial charge in [-0.05, 0) is 54.9 Å². The number of nitrogens with one attached hydrogen (secondary N) is 1. The zero-order valence-electron chi connectivity index (χ0n) is 14.8. The lowest BCUT2D eigenvalue weighted by Gasteiger charge is -2.32. The predicted molar refractivity (Wildman–Crippen MR) is 97.9 cm³/mol. The standard InChI is InChI=1S/C21H24N2O3/c24-20(14-16-8-7-15-4-1-2-5-18(15)16)22-17-9-11-23(12-10-17)21(25)19-6-3-13-26-19/h1-6,13,16-17H,7-12,14H2,(H,22,24)/t16-/m0/s1. The average molecular weight is 352 g/mol. The largest absolute Gasteiger partial charge is 0.459 e. The summed E-state index contributed by atoms with van der Waals surface area (Å²) in [6, 6.07) is 12.0. The topological polar surface area (TPSA) is 62.6 Å². The quantitative estimate of drug-likeness (QED) is 0.920. The van der Waals surface area contributed by atoms with E-state index in [0.29, 0.717) is 31.2 Å². The van der Waals surface area contributed by atoms with E-state index in [1.807, 2.05) is 0 Å². The molecule has 0 bridgehead atoms. The van der Waals surface area contributed by atoms with Crippen LogP contribution in [0, 0.1) is 0 Å². The van der Waals surface area contributed by atoms with Crippen molar-refractivity contribution in [3.8, 4) is 0 Å². The number of fused-ring (bicyclic) bond motifs is 1. The van der Waals surface area contributed by atoms with Crippen LogP contribution < -0.4 is 5.32 Å². The molecule has 0 saturated carbocycles. The zero-order valence-corrected chi connectivity index (χ0v) is 14.8. The highest BCUT2D eigenvalue weighted by Crippen LogP contribution is 2.35. The van der Waals surface area contributed by atoms with Crippen LogP contribution in [0.1, 0.15) is 53.3 Å². The van der Waals surface area contributed by atoms with Gasteiger partial charge in [-0.3, -0.25) is 9.59 Å². The molecular weight excluding hydrogens is 328 g/mol. The summed E-state index contributed by atoms with van der Waals surface area (Å²) in [5.74, 6) is 0.782. The van der Waals surface area contributed by atoms with E-state index in [-0.39, 0.29) is 17.9 Å². The smallest absolute Gasteiger partial charge is 0.289 e. The molecule has 26 heavy (non-hydrogen) atoms. The first kappa shape index (κ1) is 16.9. The van der Waals surface area contributed by atoms with Gasteiger partial charge in [-0.15, -0.1) is 0 Å². The molecule has 1 aliphatic heterocycles. The Morgan fingerprint density at radius 2 is 1.88 bits per heavy atom.